The molecule has 1 aromatic carbocycles. The van der Waals surface area contributed by atoms with E-state index in [1.54, 1.807) is 6.08 Å². The van der Waals surface area contributed by atoms with Gasteiger partial charge in [0.1, 0.15) is 19.0 Å². The Morgan fingerprint density at radius 1 is 1.21 bits per heavy atom. The number of unbranched alkanes of at least 4 members (excludes halogenated alkanes) is 1. The van der Waals surface area contributed by atoms with Gasteiger partial charge in [-0.3, -0.25) is 0 Å². The lowest BCUT2D eigenvalue weighted by molar-refractivity contribution is 0.135. The molecule has 0 aliphatic heterocycles. The second-order valence-electron chi connectivity index (χ2n) is 4.95. The van der Waals surface area contributed by atoms with Gasteiger partial charge < -0.3 is 14.3 Å². The maximum atomic E-state index is 14.0. The fraction of sp³-hybridized carbons (Fsp3) is 0.438. The van der Waals surface area contributed by atoms with Crippen LogP contribution in [0.25, 0.3) is 0 Å². The van der Waals surface area contributed by atoms with Crippen molar-refractivity contribution in [2.24, 2.45) is 5.16 Å². The van der Waals surface area contributed by atoms with Gasteiger partial charge in [-0.2, -0.15) is 0 Å². The Morgan fingerprint density at radius 2 is 1.92 bits per heavy atom. The highest BCUT2D eigenvalue weighted by molar-refractivity contribution is 9.28. The van der Waals surface area contributed by atoms with Gasteiger partial charge in [-0.15, -0.1) is 0 Å². The van der Waals surface area contributed by atoms with Crippen molar-refractivity contribution in [2.45, 2.75) is 26.7 Å². The van der Waals surface area contributed by atoms with Crippen LogP contribution >= 0.6 is 43.5 Å². The van der Waals surface area contributed by atoms with Crippen LogP contribution in [-0.4, -0.2) is 25.5 Å². The van der Waals surface area contributed by atoms with Crippen molar-refractivity contribution >= 4 is 49.2 Å². The van der Waals surface area contributed by atoms with Crippen molar-refractivity contribution in [3.63, 3.8) is 0 Å². The molecule has 24 heavy (non-hydrogen) atoms. The van der Waals surface area contributed by atoms with Crippen LogP contribution in [0.3, 0.4) is 0 Å². The van der Waals surface area contributed by atoms with Gasteiger partial charge in [0.05, 0.1) is 20.7 Å². The quantitative estimate of drug-likeness (QED) is 0.229. The minimum atomic E-state index is -0.554. The van der Waals surface area contributed by atoms with Gasteiger partial charge in [0, 0.05) is 12.1 Å². The number of nitrogens with zero attached hydrogens (tertiary/aromatic N) is 1. The third kappa shape index (κ3) is 8.89. The molecule has 1 rings (SSSR count). The molecule has 0 aliphatic rings. The second-order valence-corrected chi connectivity index (χ2v) is 8.13. The van der Waals surface area contributed by atoms with Crippen molar-refractivity contribution < 1.29 is 18.7 Å². The number of oxime groups is 1. The SMILES string of the molecule is CC(C)=NOCCCCOc1c(F)cc(OCC=C(Br)Br)cc1Cl. The molecule has 134 valence electrons. The molecule has 0 spiro atoms. The zero-order chi connectivity index (χ0) is 17.9. The number of halogens is 4. The molecule has 0 unspecified atom stereocenters. The highest BCUT2D eigenvalue weighted by Gasteiger charge is 2.12. The van der Waals surface area contributed by atoms with Gasteiger partial charge in [0.25, 0.3) is 0 Å². The highest BCUT2D eigenvalue weighted by atomic mass is 79.9. The first-order valence-corrected chi connectivity index (χ1v) is 9.25. The topological polar surface area (TPSA) is 40.0 Å². The predicted molar refractivity (Wildman–Crippen MR) is 102 cm³/mol. The molecule has 8 heteroatoms. The zero-order valence-corrected chi connectivity index (χ0v) is 17.4. The van der Waals surface area contributed by atoms with Crippen LogP contribution in [0.5, 0.6) is 11.5 Å². The Morgan fingerprint density at radius 3 is 2.54 bits per heavy atom. The van der Waals surface area contributed by atoms with Crippen LogP contribution < -0.4 is 9.47 Å². The van der Waals surface area contributed by atoms with Crippen LogP contribution in [0, 0.1) is 5.82 Å². The number of hydrogen-bond acceptors (Lipinski definition) is 4. The first-order chi connectivity index (χ1) is 11.4. The molecule has 0 amide bonds. The molecule has 0 aliphatic carbocycles. The fourth-order valence-corrected chi connectivity index (χ4v) is 2.09. The van der Waals surface area contributed by atoms with Crippen LogP contribution in [0.2, 0.25) is 5.02 Å². The van der Waals surface area contributed by atoms with E-state index in [2.05, 4.69) is 37.0 Å². The molecule has 0 saturated heterocycles. The van der Waals surface area contributed by atoms with Crippen molar-refractivity contribution in [3.05, 3.63) is 32.4 Å². The molecule has 0 heterocycles. The minimum Gasteiger partial charge on any atom is -0.489 e. The lowest BCUT2D eigenvalue weighted by Crippen LogP contribution is -2.03. The van der Waals surface area contributed by atoms with Crippen molar-refractivity contribution in [2.75, 3.05) is 19.8 Å². The maximum absolute atomic E-state index is 14.0. The Hall–Kier alpha value is -0.790. The Kier molecular flexibility index (Phi) is 10.4. The number of benzene rings is 1. The molecule has 4 nitrogen and oxygen atoms in total. The van der Waals surface area contributed by atoms with Gasteiger partial charge in [-0.1, -0.05) is 16.8 Å². The summed E-state index contributed by atoms with van der Waals surface area (Å²) >= 11 is 12.5. The van der Waals surface area contributed by atoms with E-state index in [4.69, 9.17) is 25.9 Å². The summed E-state index contributed by atoms with van der Waals surface area (Å²) in [6, 6.07) is 2.77. The first kappa shape index (κ1) is 21.3. The van der Waals surface area contributed by atoms with E-state index in [9.17, 15) is 4.39 Å². The van der Waals surface area contributed by atoms with Crippen molar-refractivity contribution in [3.8, 4) is 11.5 Å². The normalized spacial score (nSPS) is 10.1. The summed E-state index contributed by atoms with van der Waals surface area (Å²) < 4.78 is 25.6. The third-order valence-corrected chi connectivity index (χ3v) is 3.51. The number of rotatable bonds is 10. The second kappa shape index (κ2) is 11.7. The average molecular weight is 488 g/mol. The fourth-order valence-electron chi connectivity index (χ4n) is 1.58. The van der Waals surface area contributed by atoms with Crippen molar-refractivity contribution in [1.29, 1.82) is 0 Å². The van der Waals surface area contributed by atoms with E-state index < -0.39 is 5.82 Å². The predicted octanol–water partition coefficient (Wildman–Crippen LogP) is 6.06. The lowest BCUT2D eigenvalue weighted by atomic mass is 10.3. The Bertz CT molecular complexity index is 566. The summed E-state index contributed by atoms with van der Waals surface area (Å²) in [7, 11) is 0. The monoisotopic (exact) mass is 485 g/mol. The van der Waals surface area contributed by atoms with E-state index in [0.29, 0.717) is 25.4 Å². The number of hydrogen-bond donors (Lipinski definition) is 0. The molecule has 1 aromatic rings. The van der Waals surface area contributed by atoms with Crippen LogP contribution in [0.15, 0.2) is 26.8 Å². The molecule has 0 saturated carbocycles. The van der Waals surface area contributed by atoms with E-state index in [1.807, 2.05) is 13.8 Å². The van der Waals surface area contributed by atoms with Gasteiger partial charge >= 0.3 is 0 Å². The van der Waals surface area contributed by atoms with Crippen LogP contribution in [-0.2, 0) is 4.84 Å². The maximum Gasteiger partial charge on any atom is 0.173 e. The van der Waals surface area contributed by atoms with E-state index >= 15 is 0 Å². The minimum absolute atomic E-state index is 0.0320. The molecular formula is C16H19Br2ClFNO3. The average Bonchev–Trinajstić information content (AvgIpc) is 2.47. The van der Waals surface area contributed by atoms with E-state index in [-0.39, 0.29) is 17.4 Å². The smallest absolute Gasteiger partial charge is 0.173 e. The van der Waals surface area contributed by atoms with Gasteiger partial charge in [-0.05, 0) is 64.6 Å². The van der Waals surface area contributed by atoms with Gasteiger partial charge in [0.15, 0.2) is 11.6 Å². The molecule has 0 N–H and O–H groups in total. The largest absolute Gasteiger partial charge is 0.489 e. The Balaban J connectivity index is 2.43. The molecule has 0 atom stereocenters. The summed E-state index contributed by atoms with van der Waals surface area (Å²) in [5, 5.41) is 4.00. The molecule has 0 fully saturated rings. The standard InChI is InChI=1S/C16H19Br2ClFNO3/c1-11(2)21-24-7-4-3-6-23-16-13(19)9-12(10-14(16)20)22-8-5-15(17)18/h5,9-10H,3-4,6-8H2,1-2H3. The Labute approximate surface area is 163 Å². The summed E-state index contributed by atoms with van der Waals surface area (Å²) in [6.07, 6.45) is 3.20. The highest BCUT2D eigenvalue weighted by Crippen LogP contribution is 2.32. The lowest BCUT2D eigenvalue weighted by Gasteiger charge is -2.11. The molecule has 0 aromatic heterocycles. The van der Waals surface area contributed by atoms with Crippen LogP contribution in [0.4, 0.5) is 4.39 Å². The first-order valence-electron chi connectivity index (χ1n) is 7.29. The van der Waals surface area contributed by atoms with Gasteiger partial charge in [0.2, 0.25) is 0 Å². The zero-order valence-electron chi connectivity index (χ0n) is 13.5. The number of ether oxygens (including phenoxy) is 2. The van der Waals surface area contributed by atoms with Crippen molar-refractivity contribution in [1.82, 2.24) is 0 Å². The summed E-state index contributed by atoms with van der Waals surface area (Å²) in [6.45, 7) is 4.83. The molecule has 0 radical (unpaired) electrons. The van der Waals surface area contributed by atoms with Gasteiger partial charge in [-0.25, -0.2) is 4.39 Å². The van der Waals surface area contributed by atoms with E-state index in [0.717, 1.165) is 15.5 Å². The van der Waals surface area contributed by atoms with E-state index in [1.165, 1.54) is 12.1 Å². The third-order valence-electron chi connectivity index (χ3n) is 2.58. The summed E-state index contributed by atoms with van der Waals surface area (Å²) in [4.78, 5) is 5.07. The summed E-state index contributed by atoms with van der Waals surface area (Å²) in [5.41, 5.74) is 0.862. The summed E-state index contributed by atoms with van der Waals surface area (Å²) in [5.74, 6) is -0.185. The van der Waals surface area contributed by atoms with Crippen LogP contribution in [0.1, 0.15) is 26.7 Å². The molecular weight excluding hydrogens is 468 g/mol. The molecule has 0 bridgehead atoms.